The number of aliphatic hydroxyl groups excluding tert-OH is 1. The minimum atomic E-state index is -0.640. The zero-order valence-corrected chi connectivity index (χ0v) is 10.8. The molecule has 1 N–H and O–H groups in total. The summed E-state index contributed by atoms with van der Waals surface area (Å²) in [5, 5.41) is 9.90. The van der Waals surface area contributed by atoms with E-state index in [-0.39, 0.29) is 12.2 Å². The third-order valence-corrected chi connectivity index (χ3v) is 2.15. The highest BCUT2D eigenvalue weighted by Gasteiger charge is 2.22. The van der Waals surface area contributed by atoms with Gasteiger partial charge in [-0.15, -0.1) is 0 Å². The Balaban J connectivity index is 3.95. The van der Waals surface area contributed by atoms with Gasteiger partial charge in [-0.05, 0) is 27.7 Å². The topological polar surface area (TPSA) is 38.7 Å². The van der Waals surface area contributed by atoms with Gasteiger partial charge in [-0.25, -0.2) is 0 Å². The van der Waals surface area contributed by atoms with Crippen LogP contribution < -0.4 is 0 Å². The molecule has 0 aliphatic heterocycles. The molecule has 0 aliphatic carbocycles. The molecule has 16 heavy (non-hydrogen) atoms. The third kappa shape index (κ3) is 6.77. The zero-order valence-electron chi connectivity index (χ0n) is 10.8. The Morgan fingerprint density at radius 1 is 1.00 bits per heavy atom. The van der Waals surface area contributed by atoms with E-state index in [1.165, 1.54) is 0 Å². The van der Waals surface area contributed by atoms with Gasteiger partial charge in [-0.3, -0.25) is 0 Å². The van der Waals surface area contributed by atoms with E-state index in [1.54, 1.807) is 0 Å². The van der Waals surface area contributed by atoms with Crippen LogP contribution in [0.2, 0.25) is 0 Å². The molecule has 0 spiro atoms. The maximum atomic E-state index is 9.90. The largest absolute Gasteiger partial charge is 0.388 e. The molecule has 0 saturated carbocycles. The summed E-state index contributed by atoms with van der Waals surface area (Å²) >= 11 is 0. The fourth-order valence-electron chi connectivity index (χ4n) is 1.13. The van der Waals surface area contributed by atoms with Crippen LogP contribution in [-0.2, 0) is 9.47 Å². The molecule has 2 atom stereocenters. The van der Waals surface area contributed by atoms with Crippen LogP contribution in [0.1, 0.15) is 27.7 Å². The number of hydrogen-bond donors (Lipinski definition) is 1. The molecule has 0 heterocycles. The average molecular weight is 228 g/mol. The first-order chi connectivity index (χ1) is 7.34. The second-order valence-corrected chi connectivity index (χ2v) is 4.44. The molecule has 0 fully saturated rings. The third-order valence-electron chi connectivity index (χ3n) is 2.15. The van der Waals surface area contributed by atoms with Crippen molar-refractivity contribution >= 4 is 0 Å². The first-order valence-corrected chi connectivity index (χ1v) is 5.54. The number of ether oxygens (including phenoxy) is 2. The minimum Gasteiger partial charge on any atom is -0.388 e. The fourth-order valence-corrected chi connectivity index (χ4v) is 1.13. The normalized spacial score (nSPS) is 16.6. The smallest absolute Gasteiger partial charge is 0.106 e. The molecule has 0 aliphatic rings. The fraction of sp³-hybridized carbons (Fsp3) is 0.692. The van der Waals surface area contributed by atoms with Crippen molar-refractivity contribution in [3.63, 3.8) is 0 Å². The van der Waals surface area contributed by atoms with Crippen LogP contribution in [0.25, 0.3) is 0 Å². The summed E-state index contributed by atoms with van der Waals surface area (Å²) in [6.45, 7) is 15.8. The summed E-state index contributed by atoms with van der Waals surface area (Å²) in [4.78, 5) is 0. The van der Waals surface area contributed by atoms with E-state index >= 15 is 0 Å². The van der Waals surface area contributed by atoms with Crippen molar-refractivity contribution in [2.24, 2.45) is 0 Å². The van der Waals surface area contributed by atoms with Crippen molar-refractivity contribution in [1.29, 1.82) is 0 Å². The second kappa shape index (κ2) is 7.60. The molecule has 0 amide bonds. The van der Waals surface area contributed by atoms with Crippen molar-refractivity contribution in [2.45, 2.75) is 46.0 Å². The molecule has 0 saturated heterocycles. The lowest BCUT2D eigenvalue weighted by atomic mass is 10.1. The lowest BCUT2D eigenvalue weighted by Gasteiger charge is -2.25. The predicted octanol–water partition coefficient (Wildman–Crippen LogP) is 2.31. The number of rotatable bonds is 8. The van der Waals surface area contributed by atoms with Crippen molar-refractivity contribution < 1.29 is 14.6 Å². The molecule has 3 heteroatoms. The lowest BCUT2D eigenvalue weighted by Crippen LogP contribution is -2.37. The Morgan fingerprint density at radius 2 is 1.31 bits per heavy atom. The van der Waals surface area contributed by atoms with Crippen molar-refractivity contribution in [3.8, 4) is 0 Å². The second-order valence-electron chi connectivity index (χ2n) is 4.44. The van der Waals surface area contributed by atoms with E-state index in [9.17, 15) is 5.11 Å². The molecule has 0 radical (unpaired) electrons. The molecular formula is C13H24O3. The van der Waals surface area contributed by atoms with E-state index in [2.05, 4.69) is 13.2 Å². The summed E-state index contributed by atoms with van der Waals surface area (Å²) in [6.07, 6.45) is -1.17. The molecule has 0 aromatic carbocycles. The van der Waals surface area contributed by atoms with Crippen LogP contribution >= 0.6 is 0 Å². The van der Waals surface area contributed by atoms with Crippen LogP contribution in [-0.4, -0.2) is 36.6 Å². The average Bonchev–Trinajstić information content (AvgIpc) is 2.21. The monoisotopic (exact) mass is 228 g/mol. The van der Waals surface area contributed by atoms with Crippen LogP contribution in [0, 0.1) is 0 Å². The molecule has 0 aromatic heterocycles. The summed E-state index contributed by atoms with van der Waals surface area (Å²) in [6, 6.07) is 0. The highest BCUT2D eigenvalue weighted by molar-refractivity contribution is 4.89. The van der Waals surface area contributed by atoms with Crippen molar-refractivity contribution in [1.82, 2.24) is 0 Å². The van der Waals surface area contributed by atoms with E-state index in [4.69, 9.17) is 9.47 Å². The van der Waals surface area contributed by atoms with Crippen molar-refractivity contribution in [3.05, 3.63) is 24.3 Å². The molecule has 2 unspecified atom stereocenters. The van der Waals surface area contributed by atoms with Gasteiger partial charge in [0, 0.05) is 0 Å². The van der Waals surface area contributed by atoms with Crippen LogP contribution in [0.3, 0.4) is 0 Å². The van der Waals surface area contributed by atoms with E-state index in [1.807, 2.05) is 27.7 Å². The molecule has 0 rings (SSSR count). The molecule has 94 valence electrons. The predicted molar refractivity (Wildman–Crippen MR) is 66.5 cm³/mol. The van der Waals surface area contributed by atoms with Crippen molar-refractivity contribution in [2.75, 3.05) is 13.2 Å². The Morgan fingerprint density at radius 3 is 1.56 bits per heavy atom. The number of hydrogen-bond acceptors (Lipinski definition) is 3. The van der Waals surface area contributed by atoms with Crippen LogP contribution in [0.4, 0.5) is 0 Å². The highest BCUT2D eigenvalue weighted by Crippen LogP contribution is 2.09. The molecule has 3 nitrogen and oxygen atoms in total. The first kappa shape index (κ1) is 15.4. The molecule has 0 bridgehead atoms. The van der Waals surface area contributed by atoms with Gasteiger partial charge in [0.05, 0.1) is 25.4 Å². The number of aliphatic hydroxyl groups is 1. The summed E-state index contributed by atoms with van der Waals surface area (Å²) in [7, 11) is 0. The maximum absolute atomic E-state index is 9.90. The maximum Gasteiger partial charge on any atom is 0.106 e. The van der Waals surface area contributed by atoms with Crippen LogP contribution in [0.15, 0.2) is 24.3 Å². The SMILES string of the molecule is C=C(C)COC(C)C(O)C(C)OCC(=C)C. The molecule has 0 aromatic rings. The summed E-state index contributed by atoms with van der Waals surface area (Å²) < 4.78 is 10.9. The Hall–Kier alpha value is -0.640. The summed E-state index contributed by atoms with van der Waals surface area (Å²) in [5.74, 6) is 0. The van der Waals surface area contributed by atoms with Crippen LogP contribution in [0.5, 0.6) is 0 Å². The molecular weight excluding hydrogens is 204 g/mol. The van der Waals surface area contributed by atoms with Gasteiger partial charge in [0.25, 0.3) is 0 Å². The van der Waals surface area contributed by atoms with E-state index < -0.39 is 6.10 Å². The van der Waals surface area contributed by atoms with Gasteiger partial charge in [0.2, 0.25) is 0 Å². The van der Waals surface area contributed by atoms with Gasteiger partial charge in [-0.2, -0.15) is 0 Å². The van der Waals surface area contributed by atoms with E-state index in [0.717, 1.165) is 11.1 Å². The minimum absolute atomic E-state index is 0.267. The standard InChI is InChI=1S/C13H24O3/c1-9(2)7-15-11(5)13(14)12(6)16-8-10(3)4/h11-14H,1,3,7-8H2,2,4-6H3. The highest BCUT2D eigenvalue weighted by atomic mass is 16.5. The van der Waals surface area contributed by atoms with Gasteiger partial charge in [0.15, 0.2) is 0 Å². The lowest BCUT2D eigenvalue weighted by molar-refractivity contribution is -0.0910. The van der Waals surface area contributed by atoms with Gasteiger partial charge >= 0.3 is 0 Å². The Labute approximate surface area is 98.8 Å². The summed E-state index contributed by atoms with van der Waals surface area (Å²) in [5.41, 5.74) is 1.88. The van der Waals surface area contributed by atoms with Gasteiger partial charge in [-0.1, -0.05) is 24.3 Å². The van der Waals surface area contributed by atoms with E-state index in [0.29, 0.717) is 13.2 Å². The van der Waals surface area contributed by atoms with Gasteiger partial charge in [0.1, 0.15) is 6.10 Å². The Kier molecular flexibility index (Phi) is 7.30. The Bertz CT molecular complexity index is 211. The van der Waals surface area contributed by atoms with Gasteiger partial charge < -0.3 is 14.6 Å². The zero-order chi connectivity index (χ0) is 12.7. The quantitative estimate of drug-likeness (QED) is 0.648. The first-order valence-electron chi connectivity index (χ1n) is 5.54.